The molecule has 0 bridgehead atoms. The molecule has 2 rings (SSSR count). The first-order valence-electron chi connectivity index (χ1n) is 4.82. The molecule has 0 aliphatic rings. The molecule has 0 atom stereocenters. The second-order valence-corrected chi connectivity index (χ2v) is 5.76. The molecule has 0 unspecified atom stereocenters. The monoisotopic (exact) mass is 217 g/mol. The van der Waals surface area contributed by atoms with E-state index in [1.807, 2.05) is 0 Å². The molecule has 0 aliphatic heterocycles. The Bertz CT molecular complexity index is 346. The van der Waals surface area contributed by atoms with E-state index in [0.717, 1.165) is 0 Å². The van der Waals surface area contributed by atoms with Crippen molar-refractivity contribution >= 4 is 19.2 Å². The van der Waals surface area contributed by atoms with Gasteiger partial charge in [0.25, 0.3) is 0 Å². The van der Waals surface area contributed by atoms with Crippen LogP contribution in [-0.2, 0) is 0 Å². The number of hydrogen-bond acceptors (Lipinski definition) is 0. The summed E-state index contributed by atoms with van der Waals surface area (Å²) in [4.78, 5) is 0. The number of rotatable bonds is 2. The van der Waals surface area contributed by atoms with Crippen LogP contribution in [0.3, 0.4) is 0 Å². The summed E-state index contributed by atoms with van der Waals surface area (Å²) < 4.78 is 0. The molecule has 0 amide bonds. The molecule has 0 N–H and O–H groups in total. The van der Waals surface area contributed by atoms with E-state index in [2.05, 4.69) is 67.2 Å². The molecule has 77 valence electrons. The van der Waals surface area contributed by atoms with Gasteiger partial charge in [0.2, 0.25) is 0 Å². The fraction of sp³-hybridized carbons (Fsp3) is 0.0769. The molecule has 0 spiro atoms. The highest BCUT2D eigenvalue weighted by Gasteiger charge is 2.08. The Labute approximate surface area is 91.6 Å². The molecular formula is C13H14FSi. The molecular weight excluding hydrogens is 203 g/mol. The molecule has 2 aromatic rings. The van der Waals surface area contributed by atoms with Crippen molar-refractivity contribution < 1.29 is 4.70 Å². The molecule has 2 aromatic carbocycles. The van der Waals surface area contributed by atoms with Crippen LogP contribution in [0.15, 0.2) is 60.7 Å². The van der Waals surface area contributed by atoms with Crippen LogP contribution in [0, 0.1) is 0 Å². The fourth-order valence-corrected chi connectivity index (χ4v) is 3.26. The standard InChI is InChI=1S/C13H13Si.FH/c1-14(12-8-4-2-5-9-12)13-10-6-3-7-11-13;/h2-11H,1H3;1H. The second kappa shape index (κ2) is 5.46. The van der Waals surface area contributed by atoms with Crippen molar-refractivity contribution in [1.82, 2.24) is 0 Å². The van der Waals surface area contributed by atoms with Gasteiger partial charge in [0.15, 0.2) is 0 Å². The van der Waals surface area contributed by atoms with Crippen LogP contribution in [0.4, 0.5) is 4.70 Å². The van der Waals surface area contributed by atoms with Crippen LogP contribution in [-0.4, -0.2) is 8.80 Å². The third-order valence-corrected chi connectivity index (χ3v) is 4.81. The molecule has 0 saturated heterocycles. The maximum Gasteiger partial charge on any atom is 0.118 e. The normalized spacial score (nSPS) is 9.73. The molecule has 0 aliphatic carbocycles. The molecule has 15 heavy (non-hydrogen) atoms. The summed E-state index contributed by atoms with van der Waals surface area (Å²) in [5.41, 5.74) is 0. The predicted octanol–water partition coefficient (Wildman–Crippen LogP) is 2.08. The molecule has 0 saturated carbocycles. The predicted molar refractivity (Wildman–Crippen MR) is 66.3 cm³/mol. The van der Waals surface area contributed by atoms with Gasteiger partial charge in [-0.3, -0.25) is 4.70 Å². The summed E-state index contributed by atoms with van der Waals surface area (Å²) in [7, 11) is -0.545. The summed E-state index contributed by atoms with van der Waals surface area (Å²) in [5, 5.41) is 2.95. The van der Waals surface area contributed by atoms with Crippen molar-refractivity contribution in [3.63, 3.8) is 0 Å². The van der Waals surface area contributed by atoms with Crippen molar-refractivity contribution in [1.29, 1.82) is 0 Å². The lowest BCUT2D eigenvalue weighted by molar-refractivity contribution is 1.11. The average molecular weight is 217 g/mol. The van der Waals surface area contributed by atoms with Crippen LogP contribution in [0.5, 0.6) is 0 Å². The van der Waals surface area contributed by atoms with E-state index in [0.29, 0.717) is 0 Å². The third kappa shape index (κ3) is 2.77. The summed E-state index contributed by atoms with van der Waals surface area (Å²) in [6.07, 6.45) is 0. The minimum Gasteiger partial charge on any atom is -0.269 e. The van der Waals surface area contributed by atoms with E-state index in [-0.39, 0.29) is 4.70 Å². The lowest BCUT2D eigenvalue weighted by Crippen LogP contribution is -2.38. The Kier molecular flexibility index (Phi) is 4.25. The van der Waals surface area contributed by atoms with Gasteiger partial charge in [-0.2, -0.15) is 0 Å². The number of halogens is 1. The van der Waals surface area contributed by atoms with E-state index in [9.17, 15) is 0 Å². The summed E-state index contributed by atoms with van der Waals surface area (Å²) >= 11 is 0. The maximum absolute atomic E-state index is 2.34. The Balaban J connectivity index is 0.00000112. The highest BCUT2D eigenvalue weighted by molar-refractivity contribution is 6.84. The highest BCUT2D eigenvalue weighted by Crippen LogP contribution is 1.91. The number of hydrogen-bond donors (Lipinski definition) is 0. The second-order valence-electron chi connectivity index (χ2n) is 3.36. The van der Waals surface area contributed by atoms with E-state index >= 15 is 0 Å². The molecule has 0 heterocycles. The van der Waals surface area contributed by atoms with Gasteiger partial charge in [-0.25, -0.2) is 0 Å². The smallest absolute Gasteiger partial charge is 0.118 e. The van der Waals surface area contributed by atoms with Gasteiger partial charge in [-0.15, -0.1) is 0 Å². The van der Waals surface area contributed by atoms with Crippen LogP contribution < -0.4 is 10.4 Å². The topological polar surface area (TPSA) is 0 Å². The fourth-order valence-electron chi connectivity index (χ4n) is 1.54. The zero-order valence-electron chi connectivity index (χ0n) is 8.68. The Morgan fingerprint density at radius 3 is 1.33 bits per heavy atom. The van der Waals surface area contributed by atoms with Crippen LogP contribution in [0.25, 0.3) is 0 Å². The highest BCUT2D eigenvalue weighted by atomic mass is 28.3. The van der Waals surface area contributed by atoms with Gasteiger partial charge in [0, 0.05) is 0 Å². The Hall–Kier alpha value is -1.41. The van der Waals surface area contributed by atoms with Gasteiger partial charge >= 0.3 is 0 Å². The lowest BCUT2D eigenvalue weighted by Gasteiger charge is -2.09. The van der Waals surface area contributed by atoms with E-state index in [1.54, 1.807) is 0 Å². The molecule has 0 nitrogen and oxygen atoms in total. The molecule has 0 fully saturated rings. The van der Waals surface area contributed by atoms with Crippen LogP contribution in [0.2, 0.25) is 6.55 Å². The van der Waals surface area contributed by atoms with Crippen molar-refractivity contribution in [2.24, 2.45) is 0 Å². The first-order valence-corrected chi connectivity index (χ1v) is 6.82. The van der Waals surface area contributed by atoms with Crippen LogP contribution in [0.1, 0.15) is 0 Å². The van der Waals surface area contributed by atoms with E-state index in [4.69, 9.17) is 0 Å². The van der Waals surface area contributed by atoms with Gasteiger partial charge in [-0.05, 0) is 0 Å². The minimum atomic E-state index is -0.545. The largest absolute Gasteiger partial charge is 0.269 e. The van der Waals surface area contributed by atoms with Gasteiger partial charge in [-0.1, -0.05) is 77.6 Å². The van der Waals surface area contributed by atoms with Crippen molar-refractivity contribution in [2.45, 2.75) is 6.55 Å². The van der Waals surface area contributed by atoms with Crippen molar-refractivity contribution in [2.75, 3.05) is 0 Å². The van der Waals surface area contributed by atoms with Gasteiger partial charge < -0.3 is 0 Å². The SMILES string of the molecule is C[Si](c1ccccc1)c1ccccc1.F. The molecule has 1 radical (unpaired) electrons. The molecule has 0 aromatic heterocycles. The van der Waals surface area contributed by atoms with Crippen LogP contribution >= 0.6 is 0 Å². The molecule has 2 heteroatoms. The van der Waals surface area contributed by atoms with Gasteiger partial charge in [0.1, 0.15) is 8.80 Å². The summed E-state index contributed by atoms with van der Waals surface area (Å²) in [5.74, 6) is 0. The van der Waals surface area contributed by atoms with Crippen molar-refractivity contribution in [3.8, 4) is 0 Å². The first kappa shape index (κ1) is 11.7. The van der Waals surface area contributed by atoms with Crippen molar-refractivity contribution in [3.05, 3.63) is 60.7 Å². The Morgan fingerprint density at radius 1 is 0.667 bits per heavy atom. The van der Waals surface area contributed by atoms with Gasteiger partial charge in [0.05, 0.1) is 0 Å². The minimum absolute atomic E-state index is 0. The average Bonchev–Trinajstić information content (AvgIpc) is 2.30. The quantitative estimate of drug-likeness (QED) is 0.676. The summed E-state index contributed by atoms with van der Waals surface area (Å²) in [6, 6.07) is 21.5. The van der Waals surface area contributed by atoms with E-state index < -0.39 is 8.80 Å². The summed E-state index contributed by atoms with van der Waals surface area (Å²) in [6.45, 7) is 2.34. The zero-order valence-corrected chi connectivity index (χ0v) is 9.68. The Morgan fingerprint density at radius 2 is 1.00 bits per heavy atom. The first-order chi connectivity index (χ1) is 6.88. The maximum atomic E-state index is 2.34. The lowest BCUT2D eigenvalue weighted by atomic mass is 10.4. The zero-order chi connectivity index (χ0) is 9.80. The third-order valence-electron chi connectivity index (χ3n) is 2.41. The van der Waals surface area contributed by atoms with E-state index in [1.165, 1.54) is 10.4 Å². The number of benzene rings is 2.